The molecule has 0 spiro atoms. The molecule has 1 amide bonds. The van der Waals surface area contributed by atoms with E-state index in [1.807, 2.05) is 0 Å². The van der Waals surface area contributed by atoms with E-state index in [-0.39, 0.29) is 12.3 Å². The van der Waals surface area contributed by atoms with Gasteiger partial charge in [0.05, 0.1) is 12.1 Å². The molecule has 0 aliphatic rings. The molecule has 0 radical (unpaired) electrons. The van der Waals surface area contributed by atoms with Crippen molar-refractivity contribution < 1.29 is 14.7 Å². The largest absolute Gasteiger partial charge is 0.391 e. The summed E-state index contributed by atoms with van der Waals surface area (Å²) in [6, 6.07) is -0.434. The van der Waals surface area contributed by atoms with E-state index in [0.717, 1.165) is 32.0 Å². The smallest absolute Gasteiger partial charge is 0.220 e. The summed E-state index contributed by atoms with van der Waals surface area (Å²) >= 11 is 0. The summed E-state index contributed by atoms with van der Waals surface area (Å²) in [5.74, 6) is -0.0239. The van der Waals surface area contributed by atoms with Crippen LogP contribution in [0.1, 0.15) is 174 Å². The number of aliphatic hydroxyl groups is 1. The van der Waals surface area contributed by atoms with Gasteiger partial charge >= 0.3 is 0 Å². The number of carbonyl (C=O) groups excluding carboxylic acids is 2. The monoisotopic (exact) mass is 495 g/mol. The van der Waals surface area contributed by atoms with E-state index >= 15 is 0 Å². The molecule has 0 aromatic rings. The Balaban J connectivity index is 3.71. The zero-order valence-electron chi connectivity index (χ0n) is 23.7. The molecule has 2 atom stereocenters. The van der Waals surface area contributed by atoms with E-state index in [9.17, 15) is 14.7 Å². The Morgan fingerprint density at radius 1 is 0.629 bits per heavy atom. The van der Waals surface area contributed by atoms with Crippen LogP contribution in [0.2, 0.25) is 0 Å². The first-order chi connectivity index (χ1) is 17.2. The van der Waals surface area contributed by atoms with Gasteiger partial charge in [-0.25, -0.2) is 0 Å². The van der Waals surface area contributed by atoms with E-state index in [1.54, 1.807) is 0 Å². The Labute approximate surface area is 218 Å². The van der Waals surface area contributed by atoms with Crippen LogP contribution in [0.3, 0.4) is 0 Å². The standard InChI is InChI=1S/C31H61NO3/c1-3-5-7-9-11-13-14-15-16-18-19-21-23-25-30(34)29(27-28-33)32-31(35)26-24-22-20-17-12-10-8-6-4-2/h28-30,34H,3-27H2,1-2H3,(H,32,35)/t29-,30+/m0/s1. The topological polar surface area (TPSA) is 66.4 Å². The Kier molecular flexibility index (Phi) is 27.0. The van der Waals surface area contributed by atoms with Gasteiger partial charge in [0, 0.05) is 12.8 Å². The van der Waals surface area contributed by atoms with Crippen LogP contribution in [0.5, 0.6) is 0 Å². The summed E-state index contributed by atoms with van der Waals surface area (Å²) in [6.07, 6.45) is 29.5. The minimum Gasteiger partial charge on any atom is -0.391 e. The predicted molar refractivity (Wildman–Crippen MR) is 151 cm³/mol. The first kappa shape index (κ1) is 34.1. The number of carbonyl (C=O) groups is 2. The maximum absolute atomic E-state index is 12.3. The van der Waals surface area contributed by atoms with Gasteiger partial charge in [0.2, 0.25) is 5.91 Å². The Morgan fingerprint density at radius 3 is 1.40 bits per heavy atom. The lowest BCUT2D eigenvalue weighted by Gasteiger charge is -2.22. The molecular weight excluding hydrogens is 434 g/mol. The first-order valence-electron chi connectivity index (χ1n) is 15.6. The molecule has 35 heavy (non-hydrogen) atoms. The van der Waals surface area contributed by atoms with E-state index in [4.69, 9.17) is 0 Å². The fourth-order valence-electron chi connectivity index (χ4n) is 4.86. The van der Waals surface area contributed by atoms with Gasteiger partial charge in [-0.3, -0.25) is 4.79 Å². The van der Waals surface area contributed by atoms with Gasteiger partial charge in [-0.15, -0.1) is 0 Å². The average molecular weight is 496 g/mol. The predicted octanol–water partition coefficient (Wildman–Crippen LogP) is 8.82. The molecule has 0 aromatic heterocycles. The number of unbranched alkanes of at least 4 members (excludes halogenated alkanes) is 20. The third kappa shape index (κ3) is 24.6. The Bertz CT molecular complexity index is 455. The SMILES string of the molecule is CCCCCCCCCCCCCCC[C@@H](O)[C@H](CC=O)NC(=O)CCCCCCCCCCC. The number of aldehydes is 1. The van der Waals surface area contributed by atoms with Gasteiger partial charge in [-0.05, 0) is 12.8 Å². The molecule has 0 bridgehead atoms. The quantitative estimate of drug-likeness (QED) is 0.0841. The Hall–Kier alpha value is -0.900. The normalized spacial score (nSPS) is 13.0. The molecule has 0 fully saturated rings. The van der Waals surface area contributed by atoms with Crippen molar-refractivity contribution in [3.05, 3.63) is 0 Å². The maximum Gasteiger partial charge on any atom is 0.220 e. The van der Waals surface area contributed by atoms with Crippen LogP contribution in [-0.2, 0) is 9.59 Å². The third-order valence-electron chi connectivity index (χ3n) is 7.27. The van der Waals surface area contributed by atoms with Crippen molar-refractivity contribution in [1.82, 2.24) is 5.32 Å². The zero-order valence-corrected chi connectivity index (χ0v) is 23.7. The summed E-state index contributed by atoms with van der Waals surface area (Å²) in [5, 5.41) is 13.4. The average Bonchev–Trinajstić information content (AvgIpc) is 2.85. The van der Waals surface area contributed by atoms with Gasteiger partial charge in [-0.2, -0.15) is 0 Å². The van der Waals surface area contributed by atoms with E-state index < -0.39 is 12.1 Å². The van der Waals surface area contributed by atoms with Crippen molar-refractivity contribution in [2.45, 2.75) is 187 Å². The molecule has 4 heteroatoms. The number of hydrogen-bond donors (Lipinski definition) is 2. The molecule has 4 nitrogen and oxygen atoms in total. The zero-order chi connectivity index (χ0) is 25.8. The highest BCUT2D eigenvalue weighted by molar-refractivity contribution is 5.76. The molecule has 208 valence electrons. The molecule has 2 N–H and O–H groups in total. The molecule has 0 heterocycles. The number of amides is 1. The molecule has 0 unspecified atom stereocenters. The number of rotatable bonds is 28. The van der Waals surface area contributed by atoms with Crippen LogP contribution in [-0.4, -0.2) is 29.4 Å². The fraction of sp³-hybridized carbons (Fsp3) is 0.935. The van der Waals surface area contributed by atoms with Crippen LogP contribution in [0.4, 0.5) is 0 Å². The summed E-state index contributed by atoms with van der Waals surface area (Å²) in [5.41, 5.74) is 0. The molecular formula is C31H61NO3. The second-order valence-corrected chi connectivity index (χ2v) is 10.8. The lowest BCUT2D eigenvalue weighted by molar-refractivity contribution is -0.123. The fourth-order valence-corrected chi connectivity index (χ4v) is 4.86. The lowest BCUT2D eigenvalue weighted by atomic mass is 10.00. The molecule has 0 aliphatic heterocycles. The van der Waals surface area contributed by atoms with Gasteiger partial charge in [0.15, 0.2) is 0 Å². The van der Waals surface area contributed by atoms with Crippen LogP contribution in [0.25, 0.3) is 0 Å². The number of aliphatic hydroxyl groups excluding tert-OH is 1. The summed E-state index contributed by atoms with van der Waals surface area (Å²) in [4.78, 5) is 23.3. The second-order valence-electron chi connectivity index (χ2n) is 10.8. The minimum atomic E-state index is -0.625. The van der Waals surface area contributed by atoms with Crippen LogP contribution in [0.15, 0.2) is 0 Å². The van der Waals surface area contributed by atoms with E-state index in [1.165, 1.54) is 116 Å². The van der Waals surface area contributed by atoms with Crippen molar-refractivity contribution in [3.63, 3.8) is 0 Å². The van der Waals surface area contributed by atoms with Crippen molar-refractivity contribution in [1.29, 1.82) is 0 Å². The van der Waals surface area contributed by atoms with Crippen molar-refractivity contribution in [2.24, 2.45) is 0 Å². The maximum atomic E-state index is 12.3. The van der Waals surface area contributed by atoms with E-state index in [0.29, 0.717) is 12.8 Å². The molecule has 0 aromatic carbocycles. The highest BCUT2D eigenvalue weighted by Gasteiger charge is 2.20. The summed E-state index contributed by atoms with van der Waals surface area (Å²) in [7, 11) is 0. The Morgan fingerprint density at radius 2 is 1.00 bits per heavy atom. The number of nitrogens with one attached hydrogen (secondary N) is 1. The van der Waals surface area contributed by atoms with Crippen LogP contribution in [0, 0.1) is 0 Å². The third-order valence-corrected chi connectivity index (χ3v) is 7.27. The van der Waals surface area contributed by atoms with Crippen LogP contribution >= 0.6 is 0 Å². The lowest BCUT2D eigenvalue weighted by Crippen LogP contribution is -2.43. The molecule has 0 saturated heterocycles. The minimum absolute atomic E-state index is 0.0239. The highest BCUT2D eigenvalue weighted by atomic mass is 16.3. The second kappa shape index (κ2) is 27.7. The molecule has 0 rings (SSSR count). The molecule has 0 aliphatic carbocycles. The highest BCUT2D eigenvalue weighted by Crippen LogP contribution is 2.15. The van der Waals surface area contributed by atoms with Gasteiger partial charge < -0.3 is 15.2 Å². The van der Waals surface area contributed by atoms with Crippen molar-refractivity contribution in [2.75, 3.05) is 0 Å². The van der Waals surface area contributed by atoms with Gasteiger partial charge in [0.1, 0.15) is 6.29 Å². The van der Waals surface area contributed by atoms with Crippen molar-refractivity contribution >= 4 is 12.2 Å². The number of hydrogen-bond acceptors (Lipinski definition) is 3. The summed E-state index contributed by atoms with van der Waals surface area (Å²) < 4.78 is 0. The molecule has 0 saturated carbocycles. The van der Waals surface area contributed by atoms with Crippen molar-refractivity contribution in [3.8, 4) is 0 Å². The van der Waals surface area contributed by atoms with Crippen LogP contribution < -0.4 is 5.32 Å². The first-order valence-corrected chi connectivity index (χ1v) is 15.6. The van der Waals surface area contributed by atoms with E-state index in [2.05, 4.69) is 19.2 Å². The van der Waals surface area contributed by atoms with Gasteiger partial charge in [0.25, 0.3) is 0 Å². The van der Waals surface area contributed by atoms with Gasteiger partial charge in [-0.1, -0.05) is 149 Å². The summed E-state index contributed by atoms with van der Waals surface area (Å²) in [6.45, 7) is 4.51.